The van der Waals surface area contributed by atoms with Crippen molar-refractivity contribution in [1.29, 1.82) is 0 Å². The van der Waals surface area contributed by atoms with Gasteiger partial charge in [0.05, 0.1) is 5.56 Å². The maximum absolute atomic E-state index is 12.5. The van der Waals surface area contributed by atoms with E-state index in [1.807, 2.05) is 6.92 Å². The average Bonchev–Trinajstić information content (AvgIpc) is 2.67. The second kappa shape index (κ2) is 9.91. The fraction of sp³-hybridized carbons (Fsp3) is 0.526. The van der Waals surface area contributed by atoms with Crippen LogP contribution in [-0.4, -0.2) is 60.6 Å². The summed E-state index contributed by atoms with van der Waals surface area (Å²) < 4.78 is 5.23. The Bertz CT molecular complexity index is 639. The first-order valence-electron chi connectivity index (χ1n) is 9.01. The van der Waals surface area contributed by atoms with Gasteiger partial charge < -0.3 is 20.1 Å². The van der Waals surface area contributed by atoms with Crippen molar-refractivity contribution in [3.63, 3.8) is 0 Å². The Morgan fingerprint density at radius 3 is 2.58 bits per heavy atom. The molecule has 7 nitrogen and oxygen atoms in total. The fourth-order valence-electron chi connectivity index (χ4n) is 2.99. The van der Waals surface area contributed by atoms with Gasteiger partial charge in [-0.2, -0.15) is 0 Å². The van der Waals surface area contributed by atoms with Gasteiger partial charge in [0.15, 0.2) is 0 Å². The minimum absolute atomic E-state index is 0.0291. The predicted molar refractivity (Wildman–Crippen MR) is 96.1 cm³/mol. The molecule has 2 rings (SSSR count). The standard InChI is InChI=1S/C19H26N2O5/c1-2-26-12-4-9-20-17(22)14-7-10-21(11-8-14)18(23)15-5-3-6-16(13-15)19(24)25/h3,5-6,13-14H,2,4,7-12H2,1H3,(H,20,22)(H,24,25). The summed E-state index contributed by atoms with van der Waals surface area (Å²) in [4.78, 5) is 37.4. The van der Waals surface area contributed by atoms with E-state index >= 15 is 0 Å². The quantitative estimate of drug-likeness (QED) is 0.687. The monoisotopic (exact) mass is 362 g/mol. The van der Waals surface area contributed by atoms with Crippen LogP contribution in [0.2, 0.25) is 0 Å². The molecule has 1 heterocycles. The Morgan fingerprint density at radius 1 is 1.23 bits per heavy atom. The first-order valence-corrected chi connectivity index (χ1v) is 9.01. The third kappa shape index (κ3) is 5.56. The molecule has 26 heavy (non-hydrogen) atoms. The largest absolute Gasteiger partial charge is 0.478 e. The van der Waals surface area contributed by atoms with E-state index in [2.05, 4.69) is 5.32 Å². The van der Waals surface area contributed by atoms with Crippen LogP contribution in [0.1, 0.15) is 46.9 Å². The lowest BCUT2D eigenvalue weighted by molar-refractivity contribution is -0.126. The number of nitrogens with one attached hydrogen (secondary N) is 1. The molecule has 0 unspecified atom stereocenters. The SMILES string of the molecule is CCOCCCNC(=O)C1CCN(C(=O)c2cccc(C(=O)O)c2)CC1. The number of hydrogen-bond donors (Lipinski definition) is 2. The highest BCUT2D eigenvalue weighted by molar-refractivity contribution is 5.97. The summed E-state index contributed by atoms with van der Waals surface area (Å²) in [6.07, 6.45) is 2.01. The Labute approximate surface area is 153 Å². The number of benzene rings is 1. The molecule has 1 fully saturated rings. The van der Waals surface area contributed by atoms with E-state index < -0.39 is 5.97 Å². The van der Waals surface area contributed by atoms with Crippen molar-refractivity contribution in [3.05, 3.63) is 35.4 Å². The minimum Gasteiger partial charge on any atom is -0.478 e. The van der Waals surface area contributed by atoms with Crippen LogP contribution in [0.5, 0.6) is 0 Å². The summed E-state index contributed by atoms with van der Waals surface area (Å²) in [5.41, 5.74) is 0.459. The Kier molecular flexibility index (Phi) is 7.59. The molecule has 0 atom stereocenters. The average molecular weight is 362 g/mol. The van der Waals surface area contributed by atoms with Gasteiger partial charge in [0.1, 0.15) is 0 Å². The first kappa shape index (κ1) is 19.9. The van der Waals surface area contributed by atoms with E-state index in [9.17, 15) is 14.4 Å². The zero-order chi connectivity index (χ0) is 18.9. The zero-order valence-electron chi connectivity index (χ0n) is 15.1. The van der Waals surface area contributed by atoms with Gasteiger partial charge in [0, 0.05) is 44.3 Å². The van der Waals surface area contributed by atoms with Crippen molar-refractivity contribution in [2.24, 2.45) is 5.92 Å². The number of carbonyl (C=O) groups is 3. The molecule has 0 aromatic heterocycles. The number of aromatic carboxylic acids is 1. The highest BCUT2D eigenvalue weighted by Gasteiger charge is 2.27. The van der Waals surface area contributed by atoms with Gasteiger partial charge in [-0.15, -0.1) is 0 Å². The molecule has 1 aliphatic rings. The van der Waals surface area contributed by atoms with Gasteiger partial charge >= 0.3 is 5.97 Å². The summed E-state index contributed by atoms with van der Waals surface area (Å²) >= 11 is 0. The van der Waals surface area contributed by atoms with Crippen molar-refractivity contribution in [2.75, 3.05) is 32.8 Å². The Balaban J connectivity index is 1.80. The zero-order valence-corrected chi connectivity index (χ0v) is 15.1. The number of nitrogens with zero attached hydrogens (tertiary/aromatic N) is 1. The Hall–Kier alpha value is -2.41. The lowest BCUT2D eigenvalue weighted by Gasteiger charge is -2.31. The number of carboxylic acids is 1. The van der Waals surface area contributed by atoms with Crippen molar-refractivity contribution >= 4 is 17.8 Å². The van der Waals surface area contributed by atoms with Crippen LogP contribution in [0, 0.1) is 5.92 Å². The molecule has 7 heteroatoms. The topological polar surface area (TPSA) is 95.9 Å². The van der Waals surface area contributed by atoms with Crippen molar-refractivity contribution < 1.29 is 24.2 Å². The van der Waals surface area contributed by atoms with E-state index in [-0.39, 0.29) is 23.3 Å². The van der Waals surface area contributed by atoms with E-state index in [4.69, 9.17) is 9.84 Å². The van der Waals surface area contributed by atoms with Crippen LogP contribution in [0.15, 0.2) is 24.3 Å². The molecule has 142 valence electrons. The lowest BCUT2D eigenvalue weighted by atomic mass is 9.95. The number of ether oxygens (including phenoxy) is 1. The molecule has 0 spiro atoms. The molecule has 0 aliphatic carbocycles. The van der Waals surface area contributed by atoms with E-state index in [0.29, 0.717) is 51.3 Å². The molecule has 1 saturated heterocycles. The minimum atomic E-state index is -1.06. The lowest BCUT2D eigenvalue weighted by Crippen LogP contribution is -2.43. The number of amides is 2. The van der Waals surface area contributed by atoms with E-state index in [1.165, 1.54) is 12.1 Å². The van der Waals surface area contributed by atoms with Crippen LogP contribution in [-0.2, 0) is 9.53 Å². The van der Waals surface area contributed by atoms with Gasteiger partial charge in [0.2, 0.25) is 5.91 Å². The summed E-state index contributed by atoms with van der Waals surface area (Å²) in [6.45, 7) is 4.83. The predicted octanol–water partition coefficient (Wildman–Crippen LogP) is 1.78. The second-order valence-corrected chi connectivity index (χ2v) is 6.29. The number of carbonyl (C=O) groups excluding carboxylic acids is 2. The molecule has 2 N–H and O–H groups in total. The van der Waals surface area contributed by atoms with Gasteiger partial charge in [-0.3, -0.25) is 9.59 Å². The number of carboxylic acid groups (broad SMARTS) is 1. The maximum Gasteiger partial charge on any atom is 0.335 e. The first-order chi connectivity index (χ1) is 12.5. The molecule has 0 radical (unpaired) electrons. The van der Waals surface area contributed by atoms with Crippen LogP contribution in [0.25, 0.3) is 0 Å². The number of piperidine rings is 1. The molecule has 1 aromatic rings. The Morgan fingerprint density at radius 2 is 1.92 bits per heavy atom. The summed E-state index contributed by atoms with van der Waals surface area (Å²) in [5.74, 6) is -1.30. The molecule has 1 aliphatic heterocycles. The normalized spacial score (nSPS) is 14.9. The molecular weight excluding hydrogens is 336 g/mol. The van der Waals surface area contributed by atoms with Gasteiger partial charge in [0.25, 0.3) is 5.91 Å². The number of likely N-dealkylation sites (tertiary alicyclic amines) is 1. The maximum atomic E-state index is 12.5. The molecule has 0 bridgehead atoms. The second-order valence-electron chi connectivity index (χ2n) is 6.29. The summed E-state index contributed by atoms with van der Waals surface area (Å²) in [5, 5.41) is 12.0. The molecule has 0 saturated carbocycles. The fourth-order valence-corrected chi connectivity index (χ4v) is 2.99. The summed E-state index contributed by atoms with van der Waals surface area (Å²) in [6, 6.07) is 6.04. The highest BCUT2D eigenvalue weighted by atomic mass is 16.5. The highest BCUT2D eigenvalue weighted by Crippen LogP contribution is 2.19. The molecule has 2 amide bonds. The van der Waals surface area contributed by atoms with Crippen molar-refractivity contribution in [1.82, 2.24) is 10.2 Å². The number of hydrogen-bond acceptors (Lipinski definition) is 4. The molecular formula is C19H26N2O5. The molecule has 1 aromatic carbocycles. The van der Waals surface area contributed by atoms with Crippen LogP contribution in [0.4, 0.5) is 0 Å². The van der Waals surface area contributed by atoms with Crippen molar-refractivity contribution in [2.45, 2.75) is 26.2 Å². The van der Waals surface area contributed by atoms with Gasteiger partial charge in [-0.1, -0.05) is 6.07 Å². The smallest absolute Gasteiger partial charge is 0.335 e. The van der Waals surface area contributed by atoms with E-state index in [0.717, 1.165) is 6.42 Å². The third-order valence-corrected chi connectivity index (χ3v) is 4.48. The van der Waals surface area contributed by atoms with Crippen LogP contribution in [0.3, 0.4) is 0 Å². The van der Waals surface area contributed by atoms with Gasteiger partial charge in [-0.05, 0) is 44.4 Å². The van der Waals surface area contributed by atoms with Crippen LogP contribution < -0.4 is 5.32 Å². The van der Waals surface area contributed by atoms with E-state index in [1.54, 1.807) is 17.0 Å². The van der Waals surface area contributed by atoms with Gasteiger partial charge in [-0.25, -0.2) is 4.79 Å². The third-order valence-electron chi connectivity index (χ3n) is 4.48. The van der Waals surface area contributed by atoms with Crippen molar-refractivity contribution in [3.8, 4) is 0 Å². The number of rotatable bonds is 8. The van der Waals surface area contributed by atoms with Crippen LogP contribution >= 0.6 is 0 Å². The summed E-state index contributed by atoms with van der Waals surface area (Å²) in [7, 11) is 0.